The van der Waals surface area contributed by atoms with Crippen molar-refractivity contribution in [2.75, 3.05) is 30.9 Å². The van der Waals surface area contributed by atoms with Gasteiger partial charge >= 0.3 is 6.03 Å². The molecule has 36 heavy (non-hydrogen) atoms. The van der Waals surface area contributed by atoms with Gasteiger partial charge in [0.05, 0.1) is 19.0 Å². The number of hydrogen-bond donors (Lipinski definition) is 1. The average molecular weight is 488 g/mol. The molecule has 8 nitrogen and oxygen atoms in total. The van der Waals surface area contributed by atoms with Crippen LogP contribution in [0.3, 0.4) is 0 Å². The molecule has 2 aromatic carbocycles. The lowest BCUT2D eigenvalue weighted by molar-refractivity contribution is 0.0994. The van der Waals surface area contributed by atoms with Crippen LogP contribution in [-0.4, -0.2) is 48.8 Å². The molecule has 3 aromatic rings. The van der Waals surface area contributed by atoms with E-state index in [1.54, 1.807) is 29.3 Å². The topological polar surface area (TPSA) is 87.1 Å². The van der Waals surface area contributed by atoms with Gasteiger partial charge in [-0.15, -0.1) is 6.42 Å². The highest BCUT2D eigenvalue weighted by Crippen LogP contribution is 2.22. The Hall–Kier alpha value is -4.71. The Morgan fingerprint density at radius 3 is 2.67 bits per heavy atom. The molecule has 0 unspecified atom stereocenters. The van der Waals surface area contributed by atoms with Crippen LogP contribution in [0.15, 0.2) is 65.9 Å². The smallest absolute Gasteiger partial charge is 0.334 e. The van der Waals surface area contributed by atoms with Gasteiger partial charge in [-0.3, -0.25) is 4.79 Å². The van der Waals surface area contributed by atoms with Gasteiger partial charge in [0, 0.05) is 30.9 Å². The molecule has 0 bridgehead atoms. The molecule has 0 aliphatic carbocycles. The minimum atomic E-state index is -0.897. The summed E-state index contributed by atoms with van der Waals surface area (Å²) in [5, 5.41) is 8.44. The summed E-state index contributed by atoms with van der Waals surface area (Å²) >= 11 is 0. The molecule has 0 aliphatic rings. The number of benzene rings is 2. The Labute approximate surface area is 209 Å². The number of amides is 3. The Balaban J connectivity index is 1.90. The molecule has 0 fully saturated rings. The highest BCUT2D eigenvalue weighted by atomic mass is 19.1. The van der Waals surface area contributed by atoms with Crippen molar-refractivity contribution in [3.05, 3.63) is 83.3 Å². The fourth-order valence-electron chi connectivity index (χ4n) is 3.22. The number of anilines is 2. The fourth-order valence-corrected chi connectivity index (χ4v) is 3.22. The van der Waals surface area contributed by atoms with Crippen LogP contribution in [0.25, 0.3) is 0 Å². The molecule has 9 heteroatoms. The van der Waals surface area contributed by atoms with Crippen LogP contribution < -0.4 is 15.0 Å². The van der Waals surface area contributed by atoms with Crippen molar-refractivity contribution in [1.29, 1.82) is 0 Å². The van der Waals surface area contributed by atoms with Gasteiger partial charge in [0.1, 0.15) is 17.4 Å². The number of aromatic nitrogens is 1. The molecule has 0 atom stereocenters. The van der Waals surface area contributed by atoms with E-state index in [1.165, 1.54) is 49.9 Å². The molecular formula is C27H26FN5O3. The van der Waals surface area contributed by atoms with E-state index in [-0.39, 0.29) is 17.1 Å². The number of pyridine rings is 1. The molecule has 1 heterocycles. The maximum absolute atomic E-state index is 14.8. The van der Waals surface area contributed by atoms with Crippen molar-refractivity contribution < 1.29 is 18.7 Å². The zero-order valence-electron chi connectivity index (χ0n) is 20.2. The number of carbonyl (C=O) groups excluding carboxylic acids is 2. The summed E-state index contributed by atoms with van der Waals surface area (Å²) in [6, 6.07) is 12.7. The second-order valence-electron chi connectivity index (χ2n) is 7.72. The number of halogens is 1. The van der Waals surface area contributed by atoms with Crippen molar-refractivity contribution in [1.82, 2.24) is 9.99 Å². The number of imide groups is 1. The van der Waals surface area contributed by atoms with Gasteiger partial charge in [-0.25, -0.2) is 19.1 Å². The van der Waals surface area contributed by atoms with Crippen molar-refractivity contribution in [2.45, 2.75) is 13.3 Å². The van der Waals surface area contributed by atoms with E-state index in [2.05, 4.69) is 21.3 Å². The van der Waals surface area contributed by atoms with Gasteiger partial charge in [-0.1, -0.05) is 25.0 Å². The molecule has 0 aliphatic heterocycles. The van der Waals surface area contributed by atoms with E-state index in [0.717, 1.165) is 17.9 Å². The first-order valence-electron chi connectivity index (χ1n) is 11.1. The Kier molecular flexibility index (Phi) is 8.73. The summed E-state index contributed by atoms with van der Waals surface area (Å²) in [6.45, 7) is 2.80. The summed E-state index contributed by atoms with van der Waals surface area (Å²) in [7, 11) is 3.29. The molecule has 184 valence electrons. The van der Waals surface area contributed by atoms with Crippen molar-refractivity contribution >= 4 is 29.7 Å². The third-order valence-corrected chi connectivity index (χ3v) is 5.05. The molecule has 1 N–H and O–H groups in total. The van der Waals surface area contributed by atoms with Crippen LogP contribution in [0.2, 0.25) is 0 Å². The summed E-state index contributed by atoms with van der Waals surface area (Å²) in [6.07, 6.45) is 9.20. The van der Waals surface area contributed by atoms with Gasteiger partial charge in [0.2, 0.25) is 0 Å². The number of urea groups is 1. The Morgan fingerprint density at radius 2 is 2.03 bits per heavy atom. The van der Waals surface area contributed by atoms with E-state index in [0.29, 0.717) is 16.9 Å². The van der Waals surface area contributed by atoms with E-state index in [9.17, 15) is 14.0 Å². The number of hydrazone groups is 1. The average Bonchev–Trinajstić information content (AvgIpc) is 2.89. The normalized spacial score (nSPS) is 10.5. The lowest BCUT2D eigenvalue weighted by Gasteiger charge is -2.21. The minimum Gasteiger partial charge on any atom is -0.497 e. The lowest BCUT2D eigenvalue weighted by Crippen LogP contribution is -2.41. The van der Waals surface area contributed by atoms with Crippen LogP contribution in [-0.2, 0) is 0 Å². The van der Waals surface area contributed by atoms with E-state index in [4.69, 9.17) is 11.2 Å². The van der Waals surface area contributed by atoms with Crippen LogP contribution in [0.4, 0.5) is 20.7 Å². The molecule has 0 saturated carbocycles. The van der Waals surface area contributed by atoms with E-state index >= 15 is 0 Å². The zero-order valence-corrected chi connectivity index (χ0v) is 20.2. The van der Waals surface area contributed by atoms with Gasteiger partial charge in [-0.05, 0) is 54.4 Å². The van der Waals surface area contributed by atoms with E-state index < -0.39 is 17.8 Å². The largest absolute Gasteiger partial charge is 0.497 e. The van der Waals surface area contributed by atoms with Crippen LogP contribution >= 0.6 is 0 Å². The van der Waals surface area contributed by atoms with Crippen LogP contribution in [0.5, 0.6) is 5.75 Å². The van der Waals surface area contributed by atoms with Gasteiger partial charge in [0.15, 0.2) is 0 Å². The highest BCUT2D eigenvalue weighted by molar-refractivity contribution is 6.23. The number of nitrogens with zero attached hydrogens (tertiary/aromatic N) is 4. The maximum Gasteiger partial charge on any atom is 0.334 e. The third kappa shape index (κ3) is 6.45. The molecule has 3 rings (SSSR count). The number of rotatable bonds is 8. The second kappa shape index (κ2) is 12.1. The predicted molar refractivity (Wildman–Crippen MR) is 138 cm³/mol. The first-order chi connectivity index (χ1) is 17.4. The first kappa shape index (κ1) is 25.9. The van der Waals surface area contributed by atoms with Gasteiger partial charge < -0.3 is 15.1 Å². The number of nitrogens with one attached hydrogen (secondary N) is 1. The number of terminal acetylenes is 1. The third-order valence-electron chi connectivity index (χ3n) is 5.05. The van der Waals surface area contributed by atoms with Gasteiger partial charge in [0.25, 0.3) is 5.91 Å². The molecule has 0 spiro atoms. The Morgan fingerprint density at radius 1 is 1.22 bits per heavy atom. The quantitative estimate of drug-likeness (QED) is 0.281. The van der Waals surface area contributed by atoms with Crippen molar-refractivity contribution in [3.63, 3.8) is 0 Å². The summed E-state index contributed by atoms with van der Waals surface area (Å²) in [4.78, 5) is 31.6. The summed E-state index contributed by atoms with van der Waals surface area (Å²) in [5.74, 6) is 1.51. The predicted octanol–water partition coefficient (Wildman–Crippen LogP) is 4.77. The van der Waals surface area contributed by atoms with E-state index in [1.807, 2.05) is 14.0 Å². The summed E-state index contributed by atoms with van der Waals surface area (Å²) in [5.41, 5.74) is 1.06. The highest BCUT2D eigenvalue weighted by Gasteiger charge is 2.27. The monoisotopic (exact) mass is 487 g/mol. The Bertz CT molecular complexity index is 1300. The van der Waals surface area contributed by atoms with Gasteiger partial charge in [-0.2, -0.15) is 5.10 Å². The number of methoxy groups -OCH3 is 1. The van der Waals surface area contributed by atoms with Crippen LogP contribution in [0.1, 0.15) is 34.8 Å². The molecule has 0 radical (unpaired) electrons. The second-order valence-corrected chi connectivity index (χ2v) is 7.72. The fraction of sp³-hybridized carbons (Fsp3) is 0.185. The molecule has 0 saturated heterocycles. The first-order valence-corrected chi connectivity index (χ1v) is 11.1. The molecule has 3 amide bonds. The number of carbonyl (C=O) groups is 2. The zero-order chi connectivity index (χ0) is 26.1. The number of ether oxygens (including phenoxy) is 1. The molecular weight excluding hydrogens is 461 g/mol. The SMILES string of the molecule is C#Cc1ccc(N(C(=O)Nc2ccc(C=NN(C)CCC)cc2F)C(=O)c2cccc(OC)c2)nc1. The van der Waals surface area contributed by atoms with Crippen molar-refractivity contribution in [3.8, 4) is 18.1 Å². The maximum atomic E-state index is 14.8. The van der Waals surface area contributed by atoms with Crippen molar-refractivity contribution in [2.24, 2.45) is 5.10 Å². The standard InChI is InChI=1S/C27H26FN5O3/c1-5-14-32(3)30-18-20-10-12-24(23(28)15-20)31-27(35)33(25-13-11-19(6-2)17-29-25)26(34)21-8-7-9-22(16-21)36-4/h2,7-13,15-18H,5,14H2,1,3-4H3,(H,31,35). The lowest BCUT2D eigenvalue weighted by atomic mass is 10.2. The van der Waals surface area contributed by atoms with Crippen LogP contribution in [0, 0.1) is 18.2 Å². The number of hydrogen-bond acceptors (Lipinski definition) is 6. The minimum absolute atomic E-state index is 0.0162. The molecule has 1 aromatic heterocycles. The summed E-state index contributed by atoms with van der Waals surface area (Å²) < 4.78 is 20.0.